The molecular formula is C11H10N2. The average molecular weight is 170 g/mol. The molecule has 1 aromatic heterocycles. The van der Waals surface area contributed by atoms with Crippen LogP contribution in [-0.4, -0.2) is 4.98 Å². The Morgan fingerprint density at radius 1 is 1.46 bits per heavy atom. The molecule has 0 amide bonds. The third kappa shape index (κ3) is 1.46. The van der Waals surface area contributed by atoms with Crippen LogP contribution in [0, 0.1) is 11.3 Å². The van der Waals surface area contributed by atoms with Gasteiger partial charge in [-0.3, -0.25) is 4.98 Å². The van der Waals surface area contributed by atoms with Crippen molar-refractivity contribution in [1.29, 1.82) is 5.26 Å². The van der Waals surface area contributed by atoms with Crippen molar-refractivity contribution in [3.05, 3.63) is 35.7 Å². The van der Waals surface area contributed by atoms with Crippen molar-refractivity contribution in [3.8, 4) is 6.07 Å². The number of rotatable bonds is 1. The normalized spacial score (nSPS) is 15.2. The van der Waals surface area contributed by atoms with E-state index in [9.17, 15) is 0 Å². The van der Waals surface area contributed by atoms with E-state index in [1.54, 1.807) is 12.3 Å². The van der Waals surface area contributed by atoms with Crippen LogP contribution in [0.5, 0.6) is 0 Å². The molecule has 0 spiro atoms. The molecule has 2 nitrogen and oxygen atoms in total. The lowest BCUT2D eigenvalue weighted by molar-refractivity contribution is 0.932. The quantitative estimate of drug-likeness (QED) is 0.649. The number of nitrogens with zero attached hydrogens (tertiary/aromatic N) is 2. The molecule has 0 radical (unpaired) electrons. The molecule has 0 N–H and O–H groups in total. The molecule has 0 unspecified atom stereocenters. The molecular weight excluding hydrogens is 160 g/mol. The van der Waals surface area contributed by atoms with Gasteiger partial charge in [-0.15, -0.1) is 0 Å². The van der Waals surface area contributed by atoms with Crippen molar-refractivity contribution in [2.45, 2.75) is 19.3 Å². The highest BCUT2D eigenvalue weighted by Gasteiger charge is 2.11. The highest BCUT2D eigenvalue weighted by molar-refractivity contribution is 5.68. The van der Waals surface area contributed by atoms with Gasteiger partial charge < -0.3 is 0 Å². The third-order valence-corrected chi connectivity index (χ3v) is 2.27. The Kier molecular flexibility index (Phi) is 2.09. The van der Waals surface area contributed by atoms with E-state index in [0.29, 0.717) is 5.56 Å². The van der Waals surface area contributed by atoms with Crippen molar-refractivity contribution < 1.29 is 0 Å². The maximum absolute atomic E-state index is 8.86. The lowest BCUT2D eigenvalue weighted by Gasteiger charge is -2.01. The van der Waals surface area contributed by atoms with E-state index < -0.39 is 0 Å². The van der Waals surface area contributed by atoms with Crippen LogP contribution >= 0.6 is 0 Å². The monoisotopic (exact) mass is 170 g/mol. The molecule has 1 aliphatic carbocycles. The Labute approximate surface area is 77.5 Å². The number of allylic oxidation sites excluding steroid dienone is 2. The Morgan fingerprint density at radius 3 is 3.08 bits per heavy atom. The highest BCUT2D eigenvalue weighted by atomic mass is 14.7. The summed E-state index contributed by atoms with van der Waals surface area (Å²) < 4.78 is 0. The molecule has 2 rings (SSSR count). The highest BCUT2D eigenvalue weighted by Crippen LogP contribution is 2.27. The predicted octanol–water partition coefficient (Wildman–Crippen LogP) is 2.52. The largest absolute Gasteiger partial charge is 0.255 e. The van der Waals surface area contributed by atoms with Gasteiger partial charge in [-0.05, 0) is 37.0 Å². The summed E-state index contributed by atoms with van der Waals surface area (Å²) in [7, 11) is 0. The number of nitriles is 1. The van der Waals surface area contributed by atoms with Crippen molar-refractivity contribution in [1.82, 2.24) is 4.98 Å². The van der Waals surface area contributed by atoms with Gasteiger partial charge in [0.2, 0.25) is 0 Å². The topological polar surface area (TPSA) is 36.7 Å². The van der Waals surface area contributed by atoms with Gasteiger partial charge in [0.05, 0.1) is 11.3 Å². The van der Waals surface area contributed by atoms with Crippen molar-refractivity contribution in [3.63, 3.8) is 0 Å². The first-order valence-corrected chi connectivity index (χ1v) is 4.46. The summed E-state index contributed by atoms with van der Waals surface area (Å²) >= 11 is 0. The summed E-state index contributed by atoms with van der Waals surface area (Å²) in [5, 5.41) is 8.86. The van der Waals surface area contributed by atoms with Crippen LogP contribution in [0.4, 0.5) is 0 Å². The fourth-order valence-electron chi connectivity index (χ4n) is 1.64. The Morgan fingerprint density at radius 2 is 2.38 bits per heavy atom. The van der Waals surface area contributed by atoms with Gasteiger partial charge in [0.25, 0.3) is 0 Å². The van der Waals surface area contributed by atoms with Gasteiger partial charge in [-0.2, -0.15) is 5.26 Å². The first-order valence-electron chi connectivity index (χ1n) is 4.46. The van der Waals surface area contributed by atoms with Gasteiger partial charge in [0.15, 0.2) is 0 Å². The zero-order valence-electron chi connectivity index (χ0n) is 7.33. The number of pyridine rings is 1. The second-order valence-corrected chi connectivity index (χ2v) is 3.13. The smallest absolute Gasteiger partial charge is 0.101 e. The van der Waals surface area contributed by atoms with Crippen molar-refractivity contribution in [2.75, 3.05) is 0 Å². The maximum Gasteiger partial charge on any atom is 0.101 e. The lowest BCUT2D eigenvalue weighted by atomic mass is 10.1. The summed E-state index contributed by atoms with van der Waals surface area (Å²) in [6, 6.07) is 5.79. The van der Waals surface area contributed by atoms with Crippen LogP contribution in [0.3, 0.4) is 0 Å². The van der Waals surface area contributed by atoms with Crippen LogP contribution in [-0.2, 0) is 0 Å². The molecule has 13 heavy (non-hydrogen) atoms. The molecule has 64 valence electrons. The predicted molar refractivity (Wildman–Crippen MR) is 50.8 cm³/mol. The Hall–Kier alpha value is -1.62. The minimum Gasteiger partial charge on any atom is -0.255 e. The molecule has 0 aliphatic heterocycles. The van der Waals surface area contributed by atoms with Crippen LogP contribution in [0.1, 0.15) is 30.5 Å². The summed E-state index contributed by atoms with van der Waals surface area (Å²) in [5.41, 5.74) is 2.80. The average Bonchev–Trinajstić information content (AvgIpc) is 2.70. The van der Waals surface area contributed by atoms with Gasteiger partial charge in [-0.25, -0.2) is 0 Å². The molecule has 0 fully saturated rings. The zero-order chi connectivity index (χ0) is 9.10. The second kappa shape index (κ2) is 3.40. The van der Waals surface area contributed by atoms with E-state index in [1.165, 1.54) is 12.0 Å². The van der Waals surface area contributed by atoms with Crippen LogP contribution in [0.15, 0.2) is 24.4 Å². The van der Waals surface area contributed by atoms with Gasteiger partial charge >= 0.3 is 0 Å². The fourth-order valence-corrected chi connectivity index (χ4v) is 1.64. The summed E-state index contributed by atoms with van der Waals surface area (Å²) in [5.74, 6) is 0. The van der Waals surface area contributed by atoms with Gasteiger partial charge in [-0.1, -0.05) is 6.08 Å². The fraction of sp³-hybridized carbons (Fsp3) is 0.273. The van der Waals surface area contributed by atoms with E-state index >= 15 is 0 Å². The standard InChI is InChI=1S/C11H10N2/c12-8-10-6-3-7-13-11(10)9-4-1-2-5-9/h3-4,6-7H,1-2,5H2. The summed E-state index contributed by atoms with van der Waals surface area (Å²) in [6.07, 6.45) is 7.30. The van der Waals surface area contributed by atoms with E-state index in [2.05, 4.69) is 17.1 Å². The zero-order valence-corrected chi connectivity index (χ0v) is 7.33. The molecule has 2 heteroatoms. The minimum absolute atomic E-state index is 0.690. The second-order valence-electron chi connectivity index (χ2n) is 3.13. The molecule has 0 atom stereocenters. The third-order valence-electron chi connectivity index (χ3n) is 2.27. The summed E-state index contributed by atoms with van der Waals surface area (Å²) in [4.78, 5) is 4.24. The molecule has 0 saturated heterocycles. The number of hydrogen-bond donors (Lipinski definition) is 0. The first-order chi connectivity index (χ1) is 6.42. The van der Waals surface area contributed by atoms with Gasteiger partial charge in [0.1, 0.15) is 6.07 Å². The Bertz CT molecular complexity index is 385. The maximum atomic E-state index is 8.86. The SMILES string of the molecule is N#Cc1cccnc1C1=CCCC1. The van der Waals surface area contributed by atoms with Gasteiger partial charge in [0, 0.05) is 6.20 Å². The number of hydrogen-bond acceptors (Lipinski definition) is 2. The molecule has 0 aromatic carbocycles. The summed E-state index contributed by atoms with van der Waals surface area (Å²) in [6.45, 7) is 0. The minimum atomic E-state index is 0.690. The molecule has 1 heterocycles. The first kappa shape index (κ1) is 8.00. The molecule has 1 aromatic rings. The molecule has 0 saturated carbocycles. The van der Waals surface area contributed by atoms with Crippen LogP contribution in [0.2, 0.25) is 0 Å². The number of aromatic nitrogens is 1. The van der Waals surface area contributed by atoms with Crippen molar-refractivity contribution in [2.24, 2.45) is 0 Å². The van der Waals surface area contributed by atoms with Crippen LogP contribution < -0.4 is 0 Å². The van der Waals surface area contributed by atoms with E-state index in [4.69, 9.17) is 5.26 Å². The van der Waals surface area contributed by atoms with Crippen molar-refractivity contribution >= 4 is 5.57 Å². The van der Waals surface area contributed by atoms with E-state index in [1.807, 2.05) is 6.07 Å². The van der Waals surface area contributed by atoms with E-state index in [-0.39, 0.29) is 0 Å². The van der Waals surface area contributed by atoms with E-state index in [0.717, 1.165) is 18.5 Å². The lowest BCUT2D eigenvalue weighted by Crippen LogP contribution is -1.91. The Balaban J connectivity index is 2.45. The van der Waals surface area contributed by atoms with Crippen LogP contribution in [0.25, 0.3) is 5.57 Å². The molecule has 1 aliphatic rings. The molecule has 0 bridgehead atoms.